The lowest BCUT2D eigenvalue weighted by Gasteiger charge is -2.09. The molecule has 0 atom stereocenters. The molecule has 0 fully saturated rings. The second-order valence-corrected chi connectivity index (χ2v) is 7.41. The number of amides is 2. The summed E-state index contributed by atoms with van der Waals surface area (Å²) >= 11 is 0. The zero-order chi connectivity index (χ0) is 21.2. The molecule has 0 radical (unpaired) electrons. The van der Waals surface area contributed by atoms with E-state index in [0.717, 1.165) is 44.6 Å². The number of aromatic nitrogens is 3. The fourth-order valence-corrected chi connectivity index (χ4v) is 3.66. The lowest BCUT2D eigenvalue weighted by molar-refractivity contribution is 0.251. The molecule has 2 amide bonds. The SMILES string of the molecule is Cc1cc(C2=NCc3cc(NC(=O)NCc4cc5ccccc5cn4)ncc32)ccn1. The predicted molar refractivity (Wildman–Crippen MR) is 120 cm³/mol. The Bertz CT molecular complexity index is 1330. The van der Waals surface area contributed by atoms with E-state index in [1.807, 2.05) is 61.7 Å². The lowest BCUT2D eigenvalue weighted by Crippen LogP contribution is -2.29. The van der Waals surface area contributed by atoms with Gasteiger partial charge in [0.2, 0.25) is 0 Å². The summed E-state index contributed by atoms with van der Waals surface area (Å²) in [5.41, 5.74) is 5.68. The number of hydrogen-bond donors (Lipinski definition) is 2. The van der Waals surface area contributed by atoms with Gasteiger partial charge in [0, 0.05) is 40.8 Å². The van der Waals surface area contributed by atoms with E-state index >= 15 is 0 Å². The first-order chi connectivity index (χ1) is 15.2. The zero-order valence-electron chi connectivity index (χ0n) is 17.0. The fraction of sp³-hybridized carbons (Fsp3) is 0.125. The van der Waals surface area contributed by atoms with Crippen LogP contribution >= 0.6 is 0 Å². The van der Waals surface area contributed by atoms with Crippen LogP contribution in [-0.4, -0.2) is 26.7 Å². The molecule has 2 N–H and O–H groups in total. The van der Waals surface area contributed by atoms with Gasteiger partial charge in [-0.2, -0.15) is 0 Å². The van der Waals surface area contributed by atoms with Crippen molar-refractivity contribution in [3.63, 3.8) is 0 Å². The Labute approximate surface area is 179 Å². The molecular formula is C24H20N6O. The molecule has 31 heavy (non-hydrogen) atoms. The Morgan fingerprint density at radius 1 is 1.00 bits per heavy atom. The highest BCUT2D eigenvalue weighted by atomic mass is 16.2. The molecule has 4 heterocycles. The summed E-state index contributed by atoms with van der Waals surface area (Å²) in [5.74, 6) is 0.491. The van der Waals surface area contributed by atoms with Crippen molar-refractivity contribution in [2.24, 2.45) is 4.99 Å². The summed E-state index contributed by atoms with van der Waals surface area (Å²) in [6.07, 6.45) is 5.36. The van der Waals surface area contributed by atoms with E-state index in [1.54, 1.807) is 12.4 Å². The average Bonchev–Trinajstić information content (AvgIpc) is 3.21. The standard InChI is InChI=1S/C24H20N6O/c1-15-8-17(6-7-25-15)23-21-14-27-22(10-19(21)12-28-23)30-24(31)29-13-20-9-16-4-2-3-5-18(16)11-26-20/h2-11,14H,12-13H2,1H3,(H2,27,29,30,31). The number of fused-ring (bicyclic) bond motifs is 2. The highest BCUT2D eigenvalue weighted by Gasteiger charge is 2.19. The molecule has 3 aromatic heterocycles. The van der Waals surface area contributed by atoms with Crippen LogP contribution in [0.2, 0.25) is 0 Å². The molecule has 0 aliphatic carbocycles. The Balaban J connectivity index is 1.24. The first-order valence-corrected chi connectivity index (χ1v) is 10.0. The quantitative estimate of drug-likeness (QED) is 0.534. The number of aryl methyl sites for hydroxylation is 1. The summed E-state index contributed by atoms with van der Waals surface area (Å²) < 4.78 is 0. The first kappa shape index (κ1) is 18.9. The summed E-state index contributed by atoms with van der Waals surface area (Å²) in [4.78, 5) is 30.0. The maximum absolute atomic E-state index is 12.3. The Hall–Kier alpha value is -4.13. The van der Waals surface area contributed by atoms with Crippen molar-refractivity contribution >= 4 is 28.3 Å². The third-order valence-corrected chi connectivity index (χ3v) is 5.18. The van der Waals surface area contributed by atoms with Crippen molar-refractivity contribution in [3.8, 4) is 0 Å². The first-order valence-electron chi connectivity index (χ1n) is 10.0. The van der Waals surface area contributed by atoms with Gasteiger partial charge in [0.05, 0.1) is 24.5 Å². The molecule has 0 unspecified atom stereocenters. The number of benzene rings is 1. The van der Waals surface area contributed by atoms with Gasteiger partial charge in [0.25, 0.3) is 0 Å². The number of nitrogens with one attached hydrogen (secondary N) is 2. The molecule has 7 heteroatoms. The number of pyridine rings is 3. The smallest absolute Gasteiger partial charge is 0.320 e. The molecule has 4 aromatic rings. The number of anilines is 1. The normalized spacial score (nSPS) is 12.4. The van der Waals surface area contributed by atoms with E-state index in [0.29, 0.717) is 18.9 Å². The van der Waals surface area contributed by atoms with Gasteiger partial charge in [-0.05, 0) is 42.1 Å². The van der Waals surface area contributed by atoms with E-state index in [9.17, 15) is 4.79 Å². The molecule has 0 saturated carbocycles. The van der Waals surface area contributed by atoms with E-state index in [1.165, 1.54) is 0 Å². The van der Waals surface area contributed by atoms with Crippen LogP contribution in [0.1, 0.15) is 28.1 Å². The molecule has 0 spiro atoms. The average molecular weight is 408 g/mol. The minimum Gasteiger partial charge on any atom is -0.332 e. The third-order valence-electron chi connectivity index (χ3n) is 5.18. The number of carbonyl (C=O) groups is 1. The Kier molecular flexibility index (Phi) is 4.84. The molecule has 5 rings (SSSR count). The number of carbonyl (C=O) groups excluding carboxylic acids is 1. The number of nitrogens with zero attached hydrogens (tertiary/aromatic N) is 4. The van der Waals surface area contributed by atoms with Crippen LogP contribution in [0.5, 0.6) is 0 Å². The van der Waals surface area contributed by atoms with Crippen molar-refractivity contribution in [1.29, 1.82) is 0 Å². The monoisotopic (exact) mass is 408 g/mol. The van der Waals surface area contributed by atoms with Gasteiger partial charge in [-0.1, -0.05) is 24.3 Å². The number of hydrogen-bond acceptors (Lipinski definition) is 5. The van der Waals surface area contributed by atoms with Gasteiger partial charge in [0.15, 0.2) is 0 Å². The molecular weight excluding hydrogens is 388 g/mol. The minimum atomic E-state index is -0.327. The molecule has 0 saturated heterocycles. The van der Waals surface area contributed by atoms with Gasteiger partial charge >= 0.3 is 6.03 Å². The lowest BCUT2D eigenvalue weighted by atomic mass is 10.0. The number of rotatable bonds is 4. The maximum Gasteiger partial charge on any atom is 0.320 e. The number of aliphatic imine (C=N–C) groups is 1. The van der Waals surface area contributed by atoms with Crippen molar-refractivity contribution in [1.82, 2.24) is 20.3 Å². The van der Waals surface area contributed by atoms with E-state index < -0.39 is 0 Å². The van der Waals surface area contributed by atoms with Crippen LogP contribution in [0.4, 0.5) is 10.6 Å². The van der Waals surface area contributed by atoms with Crippen LogP contribution in [0.15, 0.2) is 72.1 Å². The van der Waals surface area contributed by atoms with Crippen LogP contribution < -0.4 is 10.6 Å². The van der Waals surface area contributed by atoms with Crippen molar-refractivity contribution < 1.29 is 4.79 Å². The van der Waals surface area contributed by atoms with Gasteiger partial charge in [-0.3, -0.25) is 20.3 Å². The van der Waals surface area contributed by atoms with Gasteiger partial charge < -0.3 is 5.32 Å². The second-order valence-electron chi connectivity index (χ2n) is 7.41. The van der Waals surface area contributed by atoms with E-state index in [-0.39, 0.29) is 6.03 Å². The summed E-state index contributed by atoms with van der Waals surface area (Å²) in [5, 5.41) is 7.79. The van der Waals surface area contributed by atoms with E-state index in [2.05, 4.69) is 30.6 Å². The summed E-state index contributed by atoms with van der Waals surface area (Å²) in [7, 11) is 0. The zero-order valence-corrected chi connectivity index (χ0v) is 17.0. The summed E-state index contributed by atoms with van der Waals surface area (Å²) in [6, 6.07) is 15.5. The Morgan fingerprint density at radius 3 is 2.74 bits per heavy atom. The van der Waals surface area contributed by atoms with Gasteiger partial charge in [-0.15, -0.1) is 0 Å². The molecule has 1 aromatic carbocycles. The summed E-state index contributed by atoms with van der Waals surface area (Å²) in [6.45, 7) is 2.85. The second kappa shape index (κ2) is 7.95. The van der Waals surface area contributed by atoms with Crippen molar-refractivity contribution in [2.45, 2.75) is 20.0 Å². The van der Waals surface area contributed by atoms with Gasteiger partial charge in [-0.25, -0.2) is 9.78 Å². The maximum atomic E-state index is 12.3. The van der Waals surface area contributed by atoms with Crippen LogP contribution in [0.25, 0.3) is 10.8 Å². The number of urea groups is 1. The van der Waals surface area contributed by atoms with Crippen molar-refractivity contribution in [3.05, 3.63) is 95.2 Å². The molecule has 7 nitrogen and oxygen atoms in total. The van der Waals surface area contributed by atoms with Crippen LogP contribution in [0, 0.1) is 6.92 Å². The Morgan fingerprint density at radius 2 is 1.87 bits per heavy atom. The third kappa shape index (κ3) is 3.98. The van der Waals surface area contributed by atoms with Crippen LogP contribution in [-0.2, 0) is 13.1 Å². The molecule has 1 aliphatic heterocycles. The topological polar surface area (TPSA) is 92.2 Å². The highest BCUT2D eigenvalue weighted by molar-refractivity contribution is 6.15. The highest BCUT2D eigenvalue weighted by Crippen LogP contribution is 2.24. The molecule has 1 aliphatic rings. The van der Waals surface area contributed by atoms with Gasteiger partial charge in [0.1, 0.15) is 5.82 Å². The molecule has 0 bridgehead atoms. The van der Waals surface area contributed by atoms with Crippen LogP contribution in [0.3, 0.4) is 0 Å². The largest absolute Gasteiger partial charge is 0.332 e. The minimum absolute atomic E-state index is 0.327. The van der Waals surface area contributed by atoms with E-state index in [4.69, 9.17) is 0 Å². The fourth-order valence-electron chi connectivity index (χ4n) is 3.66. The van der Waals surface area contributed by atoms with Crippen molar-refractivity contribution in [2.75, 3.05) is 5.32 Å². The molecule has 152 valence electrons. The predicted octanol–water partition coefficient (Wildman–Crippen LogP) is 4.01.